The second kappa shape index (κ2) is 10.1. The van der Waals surface area contributed by atoms with E-state index in [9.17, 15) is 13.6 Å². The lowest BCUT2D eigenvalue weighted by Crippen LogP contribution is -2.42. The van der Waals surface area contributed by atoms with Gasteiger partial charge in [0.25, 0.3) is 0 Å². The molecule has 2 unspecified atom stereocenters. The predicted molar refractivity (Wildman–Crippen MR) is 97.5 cm³/mol. The van der Waals surface area contributed by atoms with Crippen LogP contribution in [0, 0.1) is 11.6 Å². The summed E-state index contributed by atoms with van der Waals surface area (Å²) in [6.07, 6.45) is 1.72. The minimum absolute atomic E-state index is 0. The van der Waals surface area contributed by atoms with Gasteiger partial charge in [-0.1, -0.05) is 37.6 Å². The number of carbonyl (C=O) groups excluding carboxylic acids is 1. The van der Waals surface area contributed by atoms with E-state index in [1.165, 1.54) is 24.3 Å². The fourth-order valence-corrected chi connectivity index (χ4v) is 2.60. The topological polar surface area (TPSA) is 55.1 Å². The van der Waals surface area contributed by atoms with E-state index in [1.54, 1.807) is 24.3 Å². The summed E-state index contributed by atoms with van der Waals surface area (Å²) in [5.41, 5.74) is 7.19. The summed E-state index contributed by atoms with van der Waals surface area (Å²) in [5, 5.41) is 2.86. The summed E-state index contributed by atoms with van der Waals surface area (Å²) >= 11 is 0. The molecule has 0 aromatic heterocycles. The van der Waals surface area contributed by atoms with Gasteiger partial charge in [0, 0.05) is 0 Å². The van der Waals surface area contributed by atoms with Gasteiger partial charge in [0.05, 0.1) is 12.1 Å². The molecule has 2 aromatic rings. The number of carbonyl (C=O) groups is 1. The molecule has 3 nitrogen and oxygen atoms in total. The number of hydrogen-bond acceptors (Lipinski definition) is 2. The monoisotopic (exact) mass is 368 g/mol. The first-order valence-electron chi connectivity index (χ1n) is 8.05. The Labute approximate surface area is 153 Å². The minimum Gasteiger partial charge on any atom is -0.348 e. The van der Waals surface area contributed by atoms with Crippen molar-refractivity contribution in [1.29, 1.82) is 0 Å². The molecule has 136 valence electrons. The van der Waals surface area contributed by atoms with Crippen molar-refractivity contribution in [2.24, 2.45) is 5.73 Å². The Kier molecular flexibility index (Phi) is 8.52. The van der Waals surface area contributed by atoms with Gasteiger partial charge in [0.1, 0.15) is 11.6 Å². The molecule has 2 aromatic carbocycles. The fourth-order valence-electron chi connectivity index (χ4n) is 2.60. The van der Waals surface area contributed by atoms with Crippen molar-refractivity contribution in [3.8, 4) is 0 Å². The van der Waals surface area contributed by atoms with Crippen LogP contribution in [-0.4, -0.2) is 11.9 Å². The zero-order chi connectivity index (χ0) is 17.5. The maximum absolute atomic E-state index is 13.5. The van der Waals surface area contributed by atoms with Crippen LogP contribution in [0.4, 0.5) is 8.78 Å². The number of nitrogens with two attached hydrogens (primary N) is 1. The predicted octanol–water partition coefficient (Wildman–Crippen LogP) is 3.91. The first-order valence-corrected chi connectivity index (χ1v) is 8.05. The highest BCUT2D eigenvalue weighted by atomic mass is 35.5. The zero-order valence-corrected chi connectivity index (χ0v) is 14.9. The quantitative estimate of drug-likeness (QED) is 0.778. The van der Waals surface area contributed by atoms with Crippen LogP contribution < -0.4 is 11.1 Å². The van der Waals surface area contributed by atoms with Gasteiger partial charge in [-0.05, 0) is 48.2 Å². The van der Waals surface area contributed by atoms with Crippen molar-refractivity contribution in [1.82, 2.24) is 5.32 Å². The normalized spacial score (nSPS) is 12.8. The Hall–Kier alpha value is -1.98. The highest BCUT2D eigenvalue weighted by Gasteiger charge is 2.20. The third-order valence-corrected chi connectivity index (χ3v) is 3.83. The lowest BCUT2D eigenvalue weighted by atomic mass is 9.98. The van der Waals surface area contributed by atoms with E-state index in [2.05, 4.69) is 5.32 Å². The largest absolute Gasteiger partial charge is 0.348 e. The summed E-state index contributed by atoms with van der Waals surface area (Å²) in [6.45, 7) is 1.95. The van der Waals surface area contributed by atoms with E-state index in [0.717, 1.165) is 6.42 Å². The standard InChI is InChI=1S/C19H22F2N2O.ClH/c1-2-5-17(22)19(24)23-18(14-7-4-9-16(21)12-14)11-13-6-3-8-15(20)10-13;/h3-4,6-10,12,17-18H,2,5,11,22H2,1H3,(H,23,24);1H. The van der Waals surface area contributed by atoms with Crippen LogP contribution in [0.1, 0.15) is 36.9 Å². The molecule has 25 heavy (non-hydrogen) atoms. The van der Waals surface area contributed by atoms with Gasteiger partial charge in [0.15, 0.2) is 0 Å². The van der Waals surface area contributed by atoms with E-state index < -0.39 is 12.1 Å². The van der Waals surface area contributed by atoms with Gasteiger partial charge in [-0.15, -0.1) is 12.4 Å². The van der Waals surface area contributed by atoms with Crippen molar-refractivity contribution >= 4 is 18.3 Å². The Morgan fingerprint density at radius 1 is 1.12 bits per heavy atom. The molecule has 0 aliphatic carbocycles. The van der Waals surface area contributed by atoms with Gasteiger partial charge in [-0.3, -0.25) is 4.79 Å². The van der Waals surface area contributed by atoms with Gasteiger partial charge in [0.2, 0.25) is 5.91 Å². The average molecular weight is 369 g/mol. The van der Waals surface area contributed by atoms with Crippen LogP contribution in [-0.2, 0) is 11.2 Å². The molecule has 0 fully saturated rings. The average Bonchev–Trinajstić information content (AvgIpc) is 2.54. The third kappa shape index (κ3) is 6.44. The summed E-state index contributed by atoms with van der Waals surface area (Å²) in [7, 11) is 0. The highest BCUT2D eigenvalue weighted by Crippen LogP contribution is 2.20. The number of rotatable bonds is 7. The molecule has 0 spiro atoms. The molecular formula is C19H23ClF2N2O. The summed E-state index contributed by atoms with van der Waals surface area (Å²) < 4.78 is 27.0. The minimum atomic E-state index is -0.612. The van der Waals surface area contributed by atoms with Crippen LogP contribution in [0.3, 0.4) is 0 Å². The Bertz CT molecular complexity index is 697. The van der Waals surface area contributed by atoms with Gasteiger partial charge < -0.3 is 11.1 Å². The van der Waals surface area contributed by atoms with E-state index in [4.69, 9.17) is 5.73 Å². The molecule has 6 heteroatoms. The van der Waals surface area contributed by atoms with Crippen molar-refractivity contribution in [3.05, 3.63) is 71.3 Å². The highest BCUT2D eigenvalue weighted by molar-refractivity contribution is 5.85. The number of halogens is 3. The van der Waals surface area contributed by atoms with Crippen molar-refractivity contribution in [2.75, 3.05) is 0 Å². The third-order valence-electron chi connectivity index (χ3n) is 3.83. The van der Waals surface area contributed by atoms with Crippen LogP contribution in [0.25, 0.3) is 0 Å². The molecule has 0 bridgehead atoms. The maximum Gasteiger partial charge on any atom is 0.237 e. The van der Waals surface area contributed by atoms with Crippen molar-refractivity contribution in [2.45, 2.75) is 38.3 Å². The van der Waals surface area contributed by atoms with Crippen molar-refractivity contribution < 1.29 is 13.6 Å². The summed E-state index contributed by atoms with van der Waals surface area (Å²) in [5.74, 6) is -1.02. The second-order valence-electron chi connectivity index (χ2n) is 5.85. The van der Waals surface area contributed by atoms with Crippen LogP contribution >= 0.6 is 12.4 Å². The van der Waals surface area contributed by atoms with Crippen LogP contribution in [0.5, 0.6) is 0 Å². The van der Waals surface area contributed by atoms with Gasteiger partial charge in [-0.2, -0.15) is 0 Å². The van der Waals surface area contributed by atoms with E-state index in [-0.39, 0.29) is 29.9 Å². The number of hydrogen-bond donors (Lipinski definition) is 2. The molecule has 0 radical (unpaired) electrons. The SMILES string of the molecule is CCCC(N)C(=O)NC(Cc1cccc(F)c1)c1cccc(F)c1.Cl. The number of nitrogens with one attached hydrogen (secondary N) is 1. The smallest absolute Gasteiger partial charge is 0.237 e. The molecule has 0 saturated carbocycles. The summed E-state index contributed by atoms with van der Waals surface area (Å²) in [6, 6.07) is 11.1. The number of amides is 1. The Balaban J connectivity index is 0.00000312. The molecule has 3 N–H and O–H groups in total. The lowest BCUT2D eigenvalue weighted by Gasteiger charge is -2.22. The van der Waals surface area contributed by atoms with E-state index in [1.807, 2.05) is 6.92 Å². The lowest BCUT2D eigenvalue weighted by molar-refractivity contribution is -0.123. The first kappa shape index (κ1) is 21.1. The zero-order valence-electron chi connectivity index (χ0n) is 14.0. The Morgan fingerprint density at radius 3 is 2.36 bits per heavy atom. The van der Waals surface area contributed by atoms with Crippen LogP contribution in [0.15, 0.2) is 48.5 Å². The fraction of sp³-hybridized carbons (Fsp3) is 0.316. The Morgan fingerprint density at radius 2 is 1.76 bits per heavy atom. The molecule has 0 saturated heterocycles. The summed E-state index contributed by atoms with van der Waals surface area (Å²) in [4.78, 5) is 12.3. The van der Waals surface area contributed by atoms with Gasteiger partial charge >= 0.3 is 0 Å². The molecule has 2 rings (SSSR count). The van der Waals surface area contributed by atoms with Crippen LogP contribution in [0.2, 0.25) is 0 Å². The van der Waals surface area contributed by atoms with Crippen molar-refractivity contribution in [3.63, 3.8) is 0 Å². The second-order valence-corrected chi connectivity index (χ2v) is 5.85. The number of benzene rings is 2. The van der Waals surface area contributed by atoms with E-state index in [0.29, 0.717) is 24.0 Å². The molecule has 2 atom stereocenters. The molecule has 0 aliphatic heterocycles. The van der Waals surface area contributed by atoms with Gasteiger partial charge in [-0.25, -0.2) is 8.78 Å². The molecule has 0 aliphatic rings. The van der Waals surface area contributed by atoms with E-state index >= 15 is 0 Å². The first-order chi connectivity index (χ1) is 11.5. The molecule has 1 amide bonds. The molecule has 0 heterocycles. The maximum atomic E-state index is 13.5. The molecular weight excluding hydrogens is 346 g/mol.